The molecule has 0 aliphatic carbocycles. The Balaban J connectivity index is 1.61. The van der Waals surface area contributed by atoms with Crippen molar-refractivity contribution in [3.63, 3.8) is 0 Å². The van der Waals surface area contributed by atoms with E-state index in [-0.39, 0.29) is 30.1 Å². The lowest BCUT2D eigenvalue weighted by atomic mass is 9.95. The number of carbonyl (C=O) groups excluding carboxylic acids is 2. The van der Waals surface area contributed by atoms with Crippen LogP contribution in [-0.4, -0.2) is 53.5 Å². The van der Waals surface area contributed by atoms with Gasteiger partial charge in [-0.05, 0) is 32.3 Å². The van der Waals surface area contributed by atoms with E-state index in [0.29, 0.717) is 49.6 Å². The number of nitrogens with zero attached hydrogens (tertiary/aromatic N) is 4. The molecule has 0 N–H and O–H groups in total. The fraction of sp³-hybridized carbons (Fsp3) is 0.500. The lowest BCUT2D eigenvalue weighted by Gasteiger charge is -2.34. The second-order valence-corrected chi connectivity index (χ2v) is 8.46. The van der Waals surface area contributed by atoms with Crippen LogP contribution in [0.2, 0.25) is 0 Å². The van der Waals surface area contributed by atoms with Crippen molar-refractivity contribution in [3.05, 3.63) is 52.7 Å². The summed E-state index contributed by atoms with van der Waals surface area (Å²) in [5.74, 6) is 0.906. The van der Waals surface area contributed by atoms with Crippen LogP contribution in [0.5, 0.6) is 0 Å². The molecule has 0 bridgehead atoms. The van der Waals surface area contributed by atoms with Crippen LogP contribution < -0.4 is 4.90 Å². The maximum atomic E-state index is 14.3. The Morgan fingerprint density at radius 2 is 2.06 bits per heavy atom. The summed E-state index contributed by atoms with van der Waals surface area (Å²) in [6, 6.07) is 6.49. The average Bonchev–Trinajstić information content (AvgIpc) is 2.80. The van der Waals surface area contributed by atoms with E-state index in [9.17, 15) is 14.0 Å². The third-order valence-corrected chi connectivity index (χ3v) is 6.30. The molecule has 1 atom stereocenters. The van der Waals surface area contributed by atoms with Gasteiger partial charge in [0.05, 0.1) is 19.6 Å². The van der Waals surface area contributed by atoms with Crippen LogP contribution in [0.15, 0.2) is 24.3 Å². The molecule has 3 heterocycles. The average molecular weight is 441 g/mol. The van der Waals surface area contributed by atoms with Gasteiger partial charge in [-0.15, -0.1) is 0 Å². The van der Waals surface area contributed by atoms with Crippen LogP contribution in [0.25, 0.3) is 0 Å². The number of aryl methyl sites for hydroxylation is 1. The van der Waals surface area contributed by atoms with Crippen LogP contribution in [0.3, 0.4) is 0 Å². The lowest BCUT2D eigenvalue weighted by molar-refractivity contribution is -0.133. The fourth-order valence-corrected chi connectivity index (χ4v) is 4.51. The van der Waals surface area contributed by atoms with Crippen LogP contribution in [-0.2, 0) is 27.3 Å². The quantitative estimate of drug-likeness (QED) is 0.690. The number of fused-ring (bicyclic) bond motifs is 1. The number of hydrogen-bond donors (Lipinski definition) is 0. The minimum Gasteiger partial charge on any atom is -0.384 e. The topological polar surface area (TPSA) is 75.6 Å². The SMILES string of the molecule is COCCC(=O)N1CCC[C@@H](c2nc(C)c3c(n2)N(Cc2ccccc2F)C(=O)CC3)C1. The van der Waals surface area contributed by atoms with Crippen molar-refractivity contribution in [1.82, 2.24) is 14.9 Å². The van der Waals surface area contributed by atoms with Crippen molar-refractivity contribution in [2.24, 2.45) is 0 Å². The molecule has 0 unspecified atom stereocenters. The standard InChI is InChI=1S/C24H29FN4O3/c1-16-19-9-10-22(31)29(15-17-6-3-4-8-20(17)25)24(19)27-23(26-16)18-7-5-12-28(14-18)21(30)11-13-32-2/h3-4,6,8,18H,5,7,9-15H2,1-2H3/t18-/m1/s1. The monoisotopic (exact) mass is 440 g/mol. The number of amides is 2. The number of anilines is 1. The first kappa shape index (κ1) is 22.3. The van der Waals surface area contributed by atoms with Crippen molar-refractivity contribution >= 4 is 17.6 Å². The highest BCUT2D eigenvalue weighted by Crippen LogP contribution is 2.33. The molecule has 0 radical (unpaired) electrons. The van der Waals surface area contributed by atoms with Gasteiger partial charge in [-0.1, -0.05) is 18.2 Å². The molecule has 1 aromatic carbocycles. The number of ether oxygens (including phenoxy) is 1. The van der Waals surface area contributed by atoms with Crippen LogP contribution in [0.1, 0.15) is 54.2 Å². The van der Waals surface area contributed by atoms with Gasteiger partial charge in [0, 0.05) is 49.4 Å². The minimum atomic E-state index is -0.337. The summed E-state index contributed by atoms with van der Waals surface area (Å²) in [4.78, 5) is 38.3. The number of carbonyl (C=O) groups is 2. The highest BCUT2D eigenvalue weighted by atomic mass is 19.1. The number of rotatable bonds is 6. The van der Waals surface area contributed by atoms with E-state index in [2.05, 4.69) is 0 Å². The second-order valence-electron chi connectivity index (χ2n) is 8.46. The van der Waals surface area contributed by atoms with Crippen molar-refractivity contribution in [2.75, 3.05) is 31.7 Å². The van der Waals surface area contributed by atoms with E-state index in [1.807, 2.05) is 11.8 Å². The lowest BCUT2D eigenvalue weighted by Crippen LogP contribution is -2.40. The molecule has 0 saturated carbocycles. The fourth-order valence-electron chi connectivity index (χ4n) is 4.51. The predicted octanol–water partition coefficient (Wildman–Crippen LogP) is 3.15. The normalized spacial score (nSPS) is 18.6. The summed E-state index contributed by atoms with van der Waals surface area (Å²) in [7, 11) is 1.59. The molecule has 2 aromatic rings. The maximum absolute atomic E-state index is 14.3. The first-order valence-corrected chi connectivity index (χ1v) is 11.2. The summed E-state index contributed by atoms with van der Waals surface area (Å²) in [6.45, 7) is 3.76. The number of hydrogen-bond acceptors (Lipinski definition) is 5. The van der Waals surface area contributed by atoms with Crippen LogP contribution >= 0.6 is 0 Å². The predicted molar refractivity (Wildman–Crippen MR) is 118 cm³/mol. The third kappa shape index (κ3) is 4.65. The van der Waals surface area contributed by atoms with E-state index in [4.69, 9.17) is 14.7 Å². The zero-order chi connectivity index (χ0) is 22.7. The number of benzene rings is 1. The van der Waals surface area contributed by atoms with Gasteiger partial charge in [0.2, 0.25) is 11.8 Å². The van der Waals surface area contributed by atoms with Crippen molar-refractivity contribution < 1.29 is 18.7 Å². The van der Waals surface area contributed by atoms with Gasteiger partial charge >= 0.3 is 0 Å². The van der Waals surface area contributed by atoms with E-state index < -0.39 is 0 Å². The van der Waals surface area contributed by atoms with Crippen molar-refractivity contribution in [2.45, 2.75) is 51.5 Å². The zero-order valence-electron chi connectivity index (χ0n) is 18.6. The van der Waals surface area contributed by atoms with E-state index in [1.54, 1.807) is 30.2 Å². The summed E-state index contributed by atoms with van der Waals surface area (Å²) < 4.78 is 19.3. The first-order valence-electron chi connectivity index (χ1n) is 11.2. The van der Waals surface area contributed by atoms with E-state index in [0.717, 1.165) is 30.6 Å². The number of likely N-dealkylation sites (tertiary alicyclic amines) is 1. The zero-order valence-corrected chi connectivity index (χ0v) is 18.6. The molecule has 170 valence electrons. The smallest absolute Gasteiger partial charge is 0.228 e. The Morgan fingerprint density at radius 3 is 2.84 bits per heavy atom. The molecule has 1 fully saturated rings. The van der Waals surface area contributed by atoms with Crippen molar-refractivity contribution in [3.8, 4) is 0 Å². The molecular weight excluding hydrogens is 411 g/mol. The second kappa shape index (κ2) is 9.73. The third-order valence-electron chi connectivity index (χ3n) is 6.30. The minimum absolute atomic E-state index is 0.00610. The Hall–Kier alpha value is -2.87. The Morgan fingerprint density at radius 1 is 1.25 bits per heavy atom. The van der Waals surface area contributed by atoms with Crippen LogP contribution in [0.4, 0.5) is 10.2 Å². The number of halogens is 1. The van der Waals surface area contributed by atoms with Crippen molar-refractivity contribution in [1.29, 1.82) is 0 Å². The molecule has 7 nitrogen and oxygen atoms in total. The molecule has 0 spiro atoms. The Labute approximate surface area is 187 Å². The van der Waals surface area contributed by atoms with Gasteiger partial charge in [-0.25, -0.2) is 14.4 Å². The van der Waals surface area contributed by atoms with Gasteiger partial charge in [-0.2, -0.15) is 0 Å². The largest absolute Gasteiger partial charge is 0.384 e. The molecule has 32 heavy (non-hydrogen) atoms. The number of methoxy groups -OCH3 is 1. The molecule has 2 aliphatic heterocycles. The number of piperidine rings is 1. The highest BCUT2D eigenvalue weighted by molar-refractivity contribution is 5.95. The van der Waals surface area contributed by atoms with Crippen LogP contribution in [0, 0.1) is 12.7 Å². The highest BCUT2D eigenvalue weighted by Gasteiger charge is 2.32. The molecule has 2 amide bonds. The molecule has 2 aliphatic rings. The molecule has 4 rings (SSSR count). The molecular formula is C24H29FN4O3. The summed E-state index contributed by atoms with van der Waals surface area (Å²) in [6.07, 6.45) is 3.06. The Bertz CT molecular complexity index is 1010. The molecule has 8 heteroatoms. The molecule has 1 saturated heterocycles. The van der Waals surface area contributed by atoms with E-state index >= 15 is 0 Å². The van der Waals surface area contributed by atoms with Gasteiger partial charge in [0.15, 0.2) is 0 Å². The van der Waals surface area contributed by atoms with Gasteiger partial charge < -0.3 is 9.64 Å². The van der Waals surface area contributed by atoms with E-state index in [1.165, 1.54) is 6.07 Å². The maximum Gasteiger partial charge on any atom is 0.228 e. The molecule has 1 aromatic heterocycles. The number of aromatic nitrogens is 2. The first-order chi connectivity index (χ1) is 15.5. The van der Waals surface area contributed by atoms with Gasteiger partial charge in [-0.3, -0.25) is 14.5 Å². The Kier molecular flexibility index (Phi) is 6.79. The van der Waals surface area contributed by atoms with Gasteiger partial charge in [0.25, 0.3) is 0 Å². The summed E-state index contributed by atoms with van der Waals surface area (Å²) in [5, 5.41) is 0. The van der Waals surface area contributed by atoms with Gasteiger partial charge in [0.1, 0.15) is 17.5 Å². The summed E-state index contributed by atoms with van der Waals surface area (Å²) >= 11 is 0. The summed E-state index contributed by atoms with van der Waals surface area (Å²) in [5.41, 5.74) is 2.24.